The van der Waals surface area contributed by atoms with Crippen LogP contribution in [0.5, 0.6) is 0 Å². The van der Waals surface area contributed by atoms with Gasteiger partial charge in [0, 0.05) is 17.7 Å². The van der Waals surface area contributed by atoms with Gasteiger partial charge in [-0.25, -0.2) is 4.39 Å². The van der Waals surface area contributed by atoms with Crippen molar-refractivity contribution in [3.05, 3.63) is 58.9 Å². The van der Waals surface area contributed by atoms with Crippen molar-refractivity contribution in [2.24, 2.45) is 5.92 Å². The number of carbonyl (C=O) groups is 3. The normalized spacial score (nSPS) is 11.7. The van der Waals surface area contributed by atoms with Crippen molar-refractivity contribution in [2.45, 2.75) is 33.2 Å². The fourth-order valence-electron chi connectivity index (χ4n) is 2.52. The summed E-state index contributed by atoms with van der Waals surface area (Å²) in [6.07, 6.45) is 0.315. The third-order valence-electron chi connectivity index (χ3n) is 4.17. The van der Waals surface area contributed by atoms with E-state index in [1.54, 1.807) is 39.0 Å². The largest absolute Gasteiger partial charge is 0.340 e. The molecule has 2 rings (SSSR count). The summed E-state index contributed by atoms with van der Waals surface area (Å²) in [4.78, 5) is 36.8. The summed E-state index contributed by atoms with van der Waals surface area (Å²) < 4.78 is 13.0. The van der Waals surface area contributed by atoms with Gasteiger partial charge in [-0.3, -0.25) is 14.4 Å². The Balaban J connectivity index is 2.15. The number of nitrogens with one attached hydrogen (secondary N) is 3. The predicted molar refractivity (Wildman–Crippen MR) is 111 cm³/mol. The summed E-state index contributed by atoms with van der Waals surface area (Å²) >= 11 is 6.16. The van der Waals surface area contributed by atoms with Gasteiger partial charge in [-0.05, 0) is 48.4 Å². The Hall–Kier alpha value is -2.93. The van der Waals surface area contributed by atoms with Gasteiger partial charge in [-0.2, -0.15) is 0 Å². The van der Waals surface area contributed by atoms with Gasteiger partial charge in [-0.1, -0.05) is 32.4 Å². The zero-order valence-corrected chi connectivity index (χ0v) is 17.1. The lowest BCUT2D eigenvalue weighted by atomic mass is 10.0. The van der Waals surface area contributed by atoms with Crippen LogP contribution in [0.2, 0.25) is 5.02 Å². The van der Waals surface area contributed by atoms with E-state index in [9.17, 15) is 18.8 Å². The highest BCUT2D eigenvalue weighted by atomic mass is 35.5. The summed E-state index contributed by atoms with van der Waals surface area (Å²) in [5.74, 6) is -1.80. The first-order valence-corrected chi connectivity index (χ1v) is 9.55. The third kappa shape index (κ3) is 6.29. The van der Waals surface area contributed by atoms with Gasteiger partial charge in [0.25, 0.3) is 5.91 Å². The van der Waals surface area contributed by atoms with Gasteiger partial charge in [-0.15, -0.1) is 0 Å². The second-order valence-corrected chi connectivity index (χ2v) is 7.19. The summed E-state index contributed by atoms with van der Waals surface area (Å²) in [6.45, 7) is 5.30. The average molecular weight is 420 g/mol. The monoisotopic (exact) mass is 419 g/mol. The predicted octanol–water partition coefficient (Wildman–Crippen LogP) is 4.22. The van der Waals surface area contributed by atoms with Crippen LogP contribution >= 0.6 is 11.6 Å². The van der Waals surface area contributed by atoms with Crippen LogP contribution < -0.4 is 16.0 Å². The number of benzene rings is 2. The van der Waals surface area contributed by atoms with Crippen LogP contribution in [0, 0.1) is 11.7 Å². The van der Waals surface area contributed by atoms with Crippen LogP contribution in [0.15, 0.2) is 42.5 Å². The molecule has 29 heavy (non-hydrogen) atoms. The van der Waals surface area contributed by atoms with E-state index in [2.05, 4.69) is 16.0 Å². The van der Waals surface area contributed by atoms with Crippen molar-refractivity contribution in [3.8, 4) is 0 Å². The molecular formula is C21H23ClFN3O3. The lowest BCUT2D eigenvalue weighted by molar-refractivity contribution is -0.119. The minimum Gasteiger partial charge on any atom is -0.340 e. The standard InChI is InChI=1S/C21H23ClFN3O3/c1-4-18(27)24-15-9-10-16(22)17(11-15)25-21(29)19(12(2)3)26-20(28)13-5-7-14(23)8-6-13/h5-12,19H,4H2,1-3H3,(H,24,27)(H,25,29)(H,26,28). The lowest BCUT2D eigenvalue weighted by Crippen LogP contribution is -2.47. The highest BCUT2D eigenvalue weighted by Gasteiger charge is 2.25. The molecule has 0 bridgehead atoms. The first-order chi connectivity index (χ1) is 13.7. The molecule has 0 spiro atoms. The Labute approximate surface area is 173 Å². The van der Waals surface area contributed by atoms with E-state index in [1.807, 2.05) is 0 Å². The lowest BCUT2D eigenvalue weighted by Gasteiger charge is -2.22. The van der Waals surface area contributed by atoms with Crippen molar-refractivity contribution in [1.29, 1.82) is 0 Å². The maximum Gasteiger partial charge on any atom is 0.251 e. The minimum atomic E-state index is -0.850. The maximum atomic E-state index is 13.0. The Morgan fingerprint density at radius 1 is 1.03 bits per heavy atom. The zero-order chi connectivity index (χ0) is 21.6. The van der Waals surface area contributed by atoms with Crippen LogP contribution in [0.25, 0.3) is 0 Å². The van der Waals surface area contributed by atoms with Crippen LogP contribution in [-0.2, 0) is 9.59 Å². The van der Waals surface area contributed by atoms with Crippen molar-refractivity contribution >= 4 is 40.7 Å². The highest BCUT2D eigenvalue weighted by Crippen LogP contribution is 2.26. The molecule has 2 aromatic carbocycles. The van der Waals surface area contributed by atoms with Gasteiger partial charge in [0.05, 0.1) is 10.7 Å². The second kappa shape index (κ2) is 10.0. The molecule has 1 atom stereocenters. The molecule has 6 nitrogen and oxygen atoms in total. The summed E-state index contributed by atoms with van der Waals surface area (Å²) in [6, 6.07) is 8.92. The minimum absolute atomic E-state index is 0.170. The molecule has 0 aliphatic carbocycles. The molecule has 154 valence electrons. The van der Waals surface area contributed by atoms with Crippen molar-refractivity contribution in [3.63, 3.8) is 0 Å². The number of hydrogen-bond donors (Lipinski definition) is 3. The fourth-order valence-corrected chi connectivity index (χ4v) is 2.68. The molecule has 0 saturated carbocycles. The van der Waals surface area contributed by atoms with Gasteiger partial charge in [0.2, 0.25) is 11.8 Å². The topological polar surface area (TPSA) is 87.3 Å². The van der Waals surface area contributed by atoms with Gasteiger partial charge in [0.1, 0.15) is 11.9 Å². The Kier molecular flexibility index (Phi) is 7.73. The van der Waals surface area contributed by atoms with E-state index < -0.39 is 23.7 Å². The molecule has 0 aromatic heterocycles. The number of rotatable bonds is 7. The number of carbonyl (C=O) groups excluding carboxylic acids is 3. The van der Waals surface area contributed by atoms with Crippen molar-refractivity contribution < 1.29 is 18.8 Å². The third-order valence-corrected chi connectivity index (χ3v) is 4.50. The summed E-state index contributed by atoms with van der Waals surface area (Å²) in [7, 11) is 0. The molecule has 1 unspecified atom stereocenters. The molecule has 3 N–H and O–H groups in total. The smallest absolute Gasteiger partial charge is 0.251 e. The number of halogens is 2. The van der Waals surface area contributed by atoms with E-state index >= 15 is 0 Å². The molecule has 0 aliphatic heterocycles. The Morgan fingerprint density at radius 2 is 1.69 bits per heavy atom. The van der Waals surface area contributed by atoms with E-state index in [0.717, 1.165) is 0 Å². The van der Waals surface area contributed by atoms with Gasteiger partial charge >= 0.3 is 0 Å². The number of anilines is 2. The van der Waals surface area contributed by atoms with Crippen molar-refractivity contribution in [1.82, 2.24) is 5.32 Å². The molecule has 0 heterocycles. The van der Waals surface area contributed by atoms with E-state index in [-0.39, 0.29) is 17.4 Å². The van der Waals surface area contributed by atoms with Gasteiger partial charge < -0.3 is 16.0 Å². The molecule has 0 radical (unpaired) electrons. The first-order valence-electron chi connectivity index (χ1n) is 9.18. The molecule has 0 aliphatic rings. The van der Waals surface area contributed by atoms with Crippen LogP contribution in [0.1, 0.15) is 37.6 Å². The molecule has 3 amide bonds. The molecule has 2 aromatic rings. The van der Waals surface area contributed by atoms with Crippen molar-refractivity contribution in [2.75, 3.05) is 10.6 Å². The first kappa shape index (κ1) is 22.4. The zero-order valence-electron chi connectivity index (χ0n) is 16.4. The number of hydrogen-bond acceptors (Lipinski definition) is 3. The SMILES string of the molecule is CCC(=O)Nc1ccc(Cl)c(NC(=O)C(NC(=O)c2ccc(F)cc2)C(C)C)c1. The molecular weight excluding hydrogens is 397 g/mol. The van der Waals surface area contributed by atoms with E-state index in [0.29, 0.717) is 22.8 Å². The second-order valence-electron chi connectivity index (χ2n) is 6.79. The van der Waals surface area contributed by atoms with E-state index in [4.69, 9.17) is 11.6 Å². The molecule has 8 heteroatoms. The van der Waals surface area contributed by atoms with Crippen LogP contribution in [0.4, 0.5) is 15.8 Å². The average Bonchev–Trinajstić information content (AvgIpc) is 2.68. The van der Waals surface area contributed by atoms with E-state index in [1.165, 1.54) is 24.3 Å². The molecule has 0 saturated heterocycles. The van der Waals surface area contributed by atoms with Gasteiger partial charge in [0.15, 0.2) is 0 Å². The molecule has 0 fully saturated rings. The quantitative estimate of drug-likeness (QED) is 0.627. The summed E-state index contributed by atoms with van der Waals surface area (Å²) in [5, 5.41) is 8.34. The maximum absolute atomic E-state index is 13.0. The number of amides is 3. The van der Waals surface area contributed by atoms with Crippen LogP contribution in [-0.4, -0.2) is 23.8 Å². The summed E-state index contributed by atoms with van der Waals surface area (Å²) in [5.41, 5.74) is 1.05. The highest BCUT2D eigenvalue weighted by molar-refractivity contribution is 6.34. The Morgan fingerprint density at radius 3 is 2.28 bits per heavy atom. The van der Waals surface area contributed by atoms with Crippen LogP contribution in [0.3, 0.4) is 0 Å². The fraction of sp³-hybridized carbons (Fsp3) is 0.286. The Bertz CT molecular complexity index is 901.